The summed E-state index contributed by atoms with van der Waals surface area (Å²) in [5, 5.41) is 0. The van der Waals surface area contributed by atoms with Gasteiger partial charge in [0.2, 0.25) is 0 Å². The molecule has 0 amide bonds. The fourth-order valence-electron chi connectivity index (χ4n) is 2.02. The number of rotatable bonds is 9. The lowest BCUT2D eigenvalue weighted by Gasteiger charge is -2.12. The molecule has 6 heteroatoms. The minimum absolute atomic E-state index is 0.399. The van der Waals surface area contributed by atoms with Crippen molar-refractivity contribution < 1.29 is 29.1 Å². The molecular weight excluding hydrogens is 348 g/mol. The van der Waals surface area contributed by atoms with Gasteiger partial charge in [-0.3, -0.25) is 9.78 Å². The Hall–Kier alpha value is -2.96. The molecule has 0 saturated heterocycles. The van der Waals surface area contributed by atoms with Crippen LogP contribution in [-0.2, 0) is 19.6 Å². The quantitative estimate of drug-likeness (QED) is 0.373. The van der Waals surface area contributed by atoms with E-state index in [1.807, 2.05) is 6.92 Å². The zero-order valence-corrected chi connectivity index (χ0v) is 15.2. The van der Waals surface area contributed by atoms with E-state index in [0.717, 1.165) is 0 Å². The normalized spacial score (nSPS) is 13.1. The van der Waals surface area contributed by atoms with Gasteiger partial charge in [-0.1, -0.05) is 55.5 Å². The maximum absolute atomic E-state index is 11.9. The molecule has 142 valence electrons. The molecule has 0 aliphatic rings. The van der Waals surface area contributed by atoms with Crippen LogP contribution in [0.1, 0.15) is 41.0 Å². The average molecular weight is 370 g/mol. The second-order valence-electron chi connectivity index (χ2n) is 5.70. The molecular formula is C21H22O6. The summed E-state index contributed by atoms with van der Waals surface area (Å²) < 4.78 is 0. The molecule has 0 aromatic heterocycles. The third-order valence-corrected chi connectivity index (χ3v) is 3.54. The molecule has 0 N–H and O–H groups in total. The van der Waals surface area contributed by atoms with Gasteiger partial charge in [0.15, 0.2) is 0 Å². The van der Waals surface area contributed by atoms with E-state index in [0.29, 0.717) is 17.5 Å². The maximum Gasteiger partial charge on any atom is 0.373 e. The van der Waals surface area contributed by atoms with Gasteiger partial charge >= 0.3 is 11.9 Å². The topological polar surface area (TPSA) is 71.1 Å². The lowest BCUT2D eigenvalue weighted by Crippen LogP contribution is -2.16. The summed E-state index contributed by atoms with van der Waals surface area (Å²) in [7, 11) is 0. The predicted molar refractivity (Wildman–Crippen MR) is 98.6 cm³/mol. The monoisotopic (exact) mass is 370 g/mol. The molecule has 2 aromatic rings. The summed E-state index contributed by atoms with van der Waals surface area (Å²) in [6.45, 7) is 3.59. The lowest BCUT2D eigenvalue weighted by atomic mass is 10.2. The Morgan fingerprint density at radius 3 is 1.78 bits per heavy atom. The van der Waals surface area contributed by atoms with Crippen LogP contribution in [0.5, 0.6) is 0 Å². The average Bonchev–Trinajstić information content (AvgIpc) is 2.73. The van der Waals surface area contributed by atoms with Gasteiger partial charge in [0.1, 0.15) is 12.2 Å². The standard InChI is InChI=1S/C21H22O6/c1-3-19(25-27-21(23)18-12-8-5-9-13-18)15-14-16(2)24-26-20(22)17-10-6-4-7-11-17/h4-16,19H,3H2,1-2H3/b15-14+. The molecule has 2 atom stereocenters. The third-order valence-electron chi connectivity index (χ3n) is 3.54. The van der Waals surface area contributed by atoms with Crippen LogP contribution in [0, 0.1) is 0 Å². The van der Waals surface area contributed by atoms with Gasteiger partial charge < -0.3 is 0 Å². The Labute approximate surface area is 158 Å². The van der Waals surface area contributed by atoms with Gasteiger partial charge in [0.25, 0.3) is 0 Å². The Balaban J connectivity index is 1.76. The summed E-state index contributed by atoms with van der Waals surface area (Å²) in [6.07, 6.45) is 2.96. The van der Waals surface area contributed by atoms with E-state index < -0.39 is 24.1 Å². The summed E-state index contributed by atoms with van der Waals surface area (Å²) in [5.74, 6) is -1.14. The number of hydrogen-bond donors (Lipinski definition) is 0. The fourth-order valence-corrected chi connectivity index (χ4v) is 2.02. The Morgan fingerprint density at radius 1 is 0.815 bits per heavy atom. The minimum Gasteiger partial charge on any atom is -0.292 e. The second-order valence-corrected chi connectivity index (χ2v) is 5.70. The van der Waals surface area contributed by atoms with Gasteiger partial charge in [-0.15, -0.1) is 0 Å². The van der Waals surface area contributed by atoms with Crippen molar-refractivity contribution in [3.63, 3.8) is 0 Å². The summed E-state index contributed by atoms with van der Waals surface area (Å²) in [5.41, 5.74) is 0.803. The van der Waals surface area contributed by atoms with E-state index in [1.165, 1.54) is 0 Å². The van der Waals surface area contributed by atoms with E-state index in [2.05, 4.69) is 0 Å². The van der Waals surface area contributed by atoms with Crippen molar-refractivity contribution in [2.24, 2.45) is 0 Å². The molecule has 0 saturated carbocycles. The maximum atomic E-state index is 11.9. The van der Waals surface area contributed by atoms with Crippen molar-refractivity contribution in [3.05, 3.63) is 83.9 Å². The zero-order chi connectivity index (χ0) is 19.5. The van der Waals surface area contributed by atoms with Crippen molar-refractivity contribution in [2.45, 2.75) is 32.5 Å². The van der Waals surface area contributed by atoms with Crippen LogP contribution in [0.3, 0.4) is 0 Å². The highest BCUT2D eigenvalue weighted by Crippen LogP contribution is 2.08. The van der Waals surface area contributed by atoms with Crippen molar-refractivity contribution in [1.29, 1.82) is 0 Å². The van der Waals surface area contributed by atoms with E-state index in [1.54, 1.807) is 79.7 Å². The van der Waals surface area contributed by atoms with Crippen LogP contribution in [0.15, 0.2) is 72.8 Å². The van der Waals surface area contributed by atoms with Crippen molar-refractivity contribution in [2.75, 3.05) is 0 Å². The molecule has 2 aromatic carbocycles. The molecule has 2 rings (SSSR count). The van der Waals surface area contributed by atoms with Gasteiger partial charge in [-0.05, 0) is 37.6 Å². The smallest absolute Gasteiger partial charge is 0.292 e. The van der Waals surface area contributed by atoms with Crippen molar-refractivity contribution >= 4 is 11.9 Å². The molecule has 27 heavy (non-hydrogen) atoms. The Kier molecular flexibility index (Phi) is 8.22. The van der Waals surface area contributed by atoms with E-state index in [-0.39, 0.29) is 0 Å². The second kappa shape index (κ2) is 10.9. The van der Waals surface area contributed by atoms with Crippen molar-refractivity contribution in [1.82, 2.24) is 0 Å². The molecule has 0 fully saturated rings. The first-order chi connectivity index (χ1) is 13.1. The molecule has 0 spiro atoms. The van der Waals surface area contributed by atoms with Gasteiger partial charge in [-0.2, -0.15) is 9.78 Å². The molecule has 0 bridgehead atoms. The lowest BCUT2D eigenvalue weighted by molar-refractivity contribution is -0.265. The van der Waals surface area contributed by atoms with E-state index in [9.17, 15) is 9.59 Å². The molecule has 0 aliphatic carbocycles. The summed E-state index contributed by atoms with van der Waals surface area (Å²) >= 11 is 0. The predicted octanol–water partition coefficient (Wildman–Crippen LogP) is 4.29. The van der Waals surface area contributed by atoms with Crippen molar-refractivity contribution in [3.8, 4) is 0 Å². The van der Waals surface area contributed by atoms with Gasteiger partial charge in [0, 0.05) is 0 Å². The van der Waals surface area contributed by atoms with E-state index >= 15 is 0 Å². The van der Waals surface area contributed by atoms with Crippen LogP contribution in [0.2, 0.25) is 0 Å². The number of hydrogen-bond acceptors (Lipinski definition) is 6. The van der Waals surface area contributed by atoms with Crippen LogP contribution in [0.25, 0.3) is 0 Å². The van der Waals surface area contributed by atoms with Gasteiger partial charge in [-0.25, -0.2) is 9.59 Å². The number of benzene rings is 2. The fraction of sp³-hybridized carbons (Fsp3) is 0.238. The first kappa shape index (κ1) is 20.4. The molecule has 0 heterocycles. The molecule has 6 nitrogen and oxygen atoms in total. The number of carbonyl (C=O) groups is 2. The minimum atomic E-state index is -0.573. The summed E-state index contributed by atoms with van der Waals surface area (Å²) in [6, 6.07) is 17.1. The third kappa shape index (κ3) is 7.05. The molecule has 2 unspecified atom stereocenters. The largest absolute Gasteiger partial charge is 0.373 e. The highest BCUT2D eigenvalue weighted by molar-refractivity contribution is 5.89. The Morgan fingerprint density at radius 2 is 1.30 bits per heavy atom. The highest BCUT2D eigenvalue weighted by Gasteiger charge is 2.13. The van der Waals surface area contributed by atoms with Gasteiger partial charge in [0.05, 0.1) is 11.1 Å². The first-order valence-corrected chi connectivity index (χ1v) is 8.64. The summed E-state index contributed by atoms with van der Waals surface area (Å²) in [4.78, 5) is 43.5. The van der Waals surface area contributed by atoms with Crippen LogP contribution >= 0.6 is 0 Å². The van der Waals surface area contributed by atoms with E-state index in [4.69, 9.17) is 19.6 Å². The molecule has 0 radical (unpaired) electrons. The first-order valence-electron chi connectivity index (χ1n) is 8.64. The Bertz CT molecular complexity index is 742. The SMILES string of the molecule is CCC(/C=C/C(C)OOC(=O)c1ccccc1)OOC(=O)c1ccccc1. The number of carbonyl (C=O) groups excluding carboxylic acids is 2. The molecule has 0 aliphatic heterocycles. The van der Waals surface area contributed by atoms with Crippen LogP contribution in [-0.4, -0.2) is 24.1 Å². The van der Waals surface area contributed by atoms with Crippen LogP contribution in [0.4, 0.5) is 0 Å². The zero-order valence-electron chi connectivity index (χ0n) is 15.2. The highest BCUT2D eigenvalue weighted by atomic mass is 17.2. The van der Waals surface area contributed by atoms with Crippen LogP contribution < -0.4 is 0 Å².